The zero-order valence-corrected chi connectivity index (χ0v) is 16.5. The Morgan fingerprint density at radius 1 is 1.39 bits per heavy atom. The second-order valence-electron chi connectivity index (χ2n) is 6.42. The van der Waals surface area contributed by atoms with E-state index in [4.69, 9.17) is 11.6 Å². The molecule has 2 aromatic rings. The van der Waals surface area contributed by atoms with E-state index < -0.39 is 11.8 Å². The maximum Gasteiger partial charge on any atom is 0.328 e. The monoisotopic (exact) mass is 425 g/mol. The molecule has 1 aromatic carbocycles. The summed E-state index contributed by atoms with van der Waals surface area (Å²) >= 11 is 7.45. The SMILES string of the molecule is O=C(CCn1c2c(c(=O)[nH]c1=O)CSCC2)NCC(O)c1ccc(O)c(Cl)c1. The van der Waals surface area contributed by atoms with Gasteiger partial charge in [-0.25, -0.2) is 4.79 Å². The van der Waals surface area contributed by atoms with E-state index in [9.17, 15) is 24.6 Å². The normalized spacial score (nSPS) is 14.4. The number of carbonyl (C=O) groups excluding carboxylic acids is 1. The number of rotatable bonds is 6. The molecule has 2 heterocycles. The number of hydrogen-bond acceptors (Lipinski definition) is 6. The molecule has 8 nitrogen and oxygen atoms in total. The third-order valence-electron chi connectivity index (χ3n) is 4.56. The van der Waals surface area contributed by atoms with E-state index >= 15 is 0 Å². The number of aromatic hydroxyl groups is 1. The zero-order valence-electron chi connectivity index (χ0n) is 14.9. The minimum Gasteiger partial charge on any atom is -0.506 e. The Morgan fingerprint density at radius 3 is 2.93 bits per heavy atom. The number of aromatic amines is 1. The molecule has 1 amide bonds. The number of H-pyrrole nitrogens is 1. The summed E-state index contributed by atoms with van der Waals surface area (Å²) in [6, 6.07) is 4.31. The summed E-state index contributed by atoms with van der Waals surface area (Å²) in [7, 11) is 0. The highest BCUT2D eigenvalue weighted by atomic mass is 35.5. The molecule has 0 fully saturated rings. The summed E-state index contributed by atoms with van der Waals surface area (Å²) in [4.78, 5) is 38.5. The largest absolute Gasteiger partial charge is 0.506 e. The van der Waals surface area contributed by atoms with Crippen LogP contribution >= 0.6 is 23.4 Å². The molecule has 150 valence electrons. The number of phenolic OH excluding ortho intramolecular Hbond substituents is 1. The Labute approximate surface area is 169 Å². The lowest BCUT2D eigenvalue weighted by molar-refractivity contribution is -0.121. The number of nitrogens with one attached hydrogen (secondary N) is 2. The predicted octanol–water partition coefficient (Wildman–Crippen LogP) is 0.925. The molecule has 0 spiro atoms. The highest BCUT2D eigenvalue weighted by Gasteiger charge is 2.19. The van der Waals surface area contributed by atoms with Crippen LogP contribution in [-0.2, 0) is 23.5 Å². The lowest BCUT2D eigenvalue weighted by atomic mass is 10.1. The van der Waals surface area contributed by atoms with Crippen LogP contribution in [-0.4, -0.2) is 38.0 Å². The number of carbonyl (C=O) groups is 1. The van der Waals surface area contributed by atoms with Gasteiger partial charge in [0.2, 0.25) is 5.91 Å². The van der Waals surface area contributed by atoms with Gasteiger partial charge < -0.3 is 15.5 Å². The van der Waals surface area contributed by atoms with E-state index in [1.807, 2.05) is 0 Å². The number of phenols is 1. The molecule has 1 aliphatic rings. The second kappa shape index (κ2) is 8.85. The molecule has 3 rings (SSSR count). The third-order valence-corrected chi connectivity index (χ3v) is 5.84. The van der Waals surface area contributed by atoms with Gasteiger partial charge in [0.1, 0.15) is 5.75 Å². The molecule has 0 saturated heterocycles. The lowest BCUT2D eigenvalue weighted by Crippen LogP contribution is -2.38. The van der Waals surface area contributed by atoms with Crippen molar-refractivity contribution in [2.75, 3.05) is 12.3 Å². The number of nitrogens with zero attached hydrogens (tertiary/aromatic N) is 1. The Hall–Kier alpha value is -2.23. The summed E-state index contributed by atoms with van der Waals surface area (Å²) < 4.78 is 1.45. The van der Waals surface area contributed by atoms with Crippen LogP contribution in [0.2, 0.25) is 5.02 Å². The van der Waals surface area contributed by atoms with Crippen molar-refractivity contribution < 1.29 is 15.0 Å². The van der Waals surface area contributed by atoms with Gasteiger partial charge in [0, 0.05) is 36.5 Å². The molecule has 10 heteroatoms. The van der Waals surface area contributed by atoms with Crippen LogP contribution in [0.15, 0.2) is 27.8 Å². The molecular weight excluding hydrogens is 406 g/mol. The molecule has 28 heavy (non-hydrogen) atoms. The first kappa shape index (κ1) is 20.5. The van der Waals surface area contributed by atoms with E-state index in [1.165, 1.54) is 22.8 Å². The minimum absolute atomic E-state index is 0.0325. The van der Waals surface area contributed by atoms with Crippen LogP contribution in [0.5, 0.6) is 5.75 Å². The van der Waals surface area contributed by atoms with Crippen molar-refractivity contribution >= 4 is 29.3 Å². The Morgan fingerprint density at radius 2 is 2.18 bits per heavy atom. The standard InChI is InChI=1S/C18H20ClN3O5S/c19-12-7-10(1-2-14(12)23)15(24)8-20-16(25)3-5-22-13-4-6-28-9-11(13)17(26)21-18(22)27/h1-2,7,15,23-24H,3-6,8-9H2,(H,20,25)(H,21,26,27). The number of benzene rings is 1. The smallest absolute Gasteiger partial charge is 0.328 e. The average Bonchev–Trinajstić information content (AvgIpc) is 2.68. The van der Waals surface area contributed by atoms with Crippen LogP contribution in [0, 0.1) is 0 Å². The molecule has 0 saturated carbocycles. The van der Waals surface area contributed by atoms with E-state index in [2.05, 4.69) is 10.3 Å². The third kappa shape index (κ3) is 4.60. The van der Waals surface area contributed by atoms with E-state index in [0.29, 0.717) is 29.0 Å². The summed E-state index contributed by atoms with van der Waals surface area (Å²) in [6.45, 7) is 0.116. The van der Waals surface area contributed by atoms with Crippen molar-refractivity contribution in [1.82, 2.24) is 14.9 Å². The van der Waals surface area contributed by atoms with Gasteiger partial charge in [0.15, 0.2) is 0 Å². The van der Waals surface area contributed by atoms with Crippen molar-refractivity contribution in [2.24, 2.45) is 0 Å². The fourth-order valence-electron chi connectivity index (χ4n) is 3.03. The van der Waals surface area contributed by atoms with Crippen molar-refractivity contribution in [3.05, 3.63) is 60.9 Å². The molecule has 0 bridgehead atoms. The summed E-state index contributed by atoms with van der Waals surface area (Å²) in [5.74, 6) is 0.956. The van der Waals surface area contributed by atoms with Crippen LogP contribution in [0.3, 0.4) is 0 Å². The van der Waals surface area contributed by atoms with Gasteiger partial charge in [-0.15, -0.1) is 0 Å². The molecule has 0 radical (unpaired) electrons. The fraction of sp³-hybridized carbons (Fsp3) is 0.389. The van der Waals surface area contributed by atoms with E-state index in [0.717, 1.165) is 5.75 Å². The van der Waals surface area contributed by atoms with E-state index in [1.54, 1.807) is 11.8 Å². The number of aliphatic hydroxyl groups excluding tert-OH is 1. The van der Waals surface area contributed by atoms with Gasteiger partial charge in [0.05, 0.1) is 11.1 Å². The number of halogens is 1. The number of aromatic nitrogens is 2. The van der Waals surface area contributed by atoms with Crippen molar-refractivity contribution in [3.8, 4) is 5.75 Å². The van der Waals surface area contributed by atoms with Gasteiger partial charge in [-0.05, 0) is 29.9 Å². The van der Waals surface area contributed by atoms with Gasteiger partial charge in [-0.1, -0.05) is 17.7 Å². The number of aliphatic hydroxyl groups is 1. The quantitative estimate of drug-likeness (QED) is 0.545. The first-order valence-electron chi connectivity index (χ1n) is 8.72. The first-order valence-corrected chi connectivity index (χ1v) is 10.3. The number of hydrogen-bond donors (Lipinski definition) is 4. The van der Waals surface area contributed by atoms with E-state index in [-0.39, 0.29) is 41.7 Å². The minimum atomic E-state index is -0.984. The average molecular weight is 426 g/mol. The highest BCUT2D eigenvalue weighted by Crippen LogP contribution is 2.26. The highest BCUT2D eigenvalue weighted by molar-refractivity contribution is 7.98. The maximum atomic E-state index is 12.1. The topological polar surface area (TPSA) is 124 Å². The van der Waals surface area contributed by atoms with Crippen LogP contribution in [0.1, 0.15) is 29.3 Å². The van der Waals surface area contributed by atoms with Gasteiger partial charge >= 0.3 is 5.69 Å². The van der Waals surface area contributed by atoms with Gasteiger partial charge in [0.25, 0.3) is 5.56 Å². The number of fused-ring (bicyclic) bond motifs is 1. The summed E-state index contributed by atoms with van der Waals surface area (Å²) in [5, 5.41) is 22.3. The van der Waals surface area contributed by atoms with Gasteiger partial charge in [-0.3, -0.25) is 19.1 Å². The molecule has 4 N–H and O–H groups in total. The molecule has 1 aliphatic heterocycles. The first-order chi connectivity index (χ1) is 13.4. The van der Waals surface area contributed by atoms with Crippen LogP contribution in [0.25, 0.3) is 0 Å². The lowest BCUT2D eigenvalue weighted by Gasteiger charge is -2.19. The number of amides is 1. The number of thioether (sulfide) groups is 1. The van der Waals surface area contributed by atoms with Crippen molar-refractivity contribution in [3.63, 3.8) is 0 Å². The Bertz CT molecular complexity index is 1000. The zero-order chi connectivity index (χ0) is 20.3. The molecule has 1 unspecified atom stereocenters. The van der Waals surface area contributed by atoms with Crippen LogP contribution < -0.4 is 16.6 Å². The van der Waals surface area contributed by atoms with Gasteiger partial charge in [-0.2, -0.15) is 11.8 Å². The molecule has 1 aromatic heterocycles. The summed E-state index contributed by atoms with van der Waals surface area (Å²) in [5.41, 5.74) is 0.882. The maximum absolute atomic E-state index is 12.1. The molecular formula is C18H20ClN3O5S. The van der Waals surface area contributed by atoms with Crippen molar-refractivity contribution in [2.45, 2.75) is 31.2 Å². The predicted molar refractivity (Wildman–Crippen MR) is 107 cm³/mol. The van der Waals surface area contributed by atoms with Crippen molar-refractivity contribution in [1.29, 1.82) is 0 Å². The molecule has 1 atom stereocenters. The second-order valence-corrected chi connectivity index (χ2v) is 7.93. The van der Waals surface area contributed by atoms with Crippen LogP contribution in [0.4, 0.5) is 0 Å². The molecule has 0 aliphatic carbocycles. The Kier molecular flexibility index (Phi) is 6.48. The summed E-state index contributed by atoms with van der Waals surface area (Å²) in [6.07, 6.45) is -0.335. The fourth-order valence-corrected chi connectivity index (χ4v) is 4.20. The Balaban J connectivity index is 1.60.